The van der Waals surface area contributed by atoms with E-state index in [0.29, 0.717) is 44.0 Å². The summed E-state index contributed by atoms with van der Waals surface area (Å²) in [6.45, 7) is 3.75. The maximum absolute atomic E-state index is 12.7. The van der Waals surface area contributed by atoms with Crippen molar-refractivity contribution >= 4 is 23.2 Å². The zero-order valence-electron chi connectivity index (χ0n) is 15.3. The van der Waals surface area contributed by atoms with Crippen molar-refractivity contribution in [2.75, 3.05) is 49.9 Å². The minimum Gasteiger partial charge on any atom is -0.398 e. The summed E-state index contributed by atoms with van der Waals surface area (Å²) in [4.78, 5) is 31.2. The number of anilines is 2. The number of carbonyl (C=O) groups is 2. The molecule has 2 aromatic rings. The molecule has 0 radical (unpaired) electrons. The number of benzene rings is 2. The molecule has 2 aliphatic rings. The van der Waals surface area contributed by atoms with Crippen molar-refractivity contribution in [3.05, 3.63) is 59.7 Å². The topological polar surface area (TPSA) is 69.9 Å². The highest BCUT2D eigenvalue weighted by Gasteiger charge is 2.28. The summed E-state index contributed by atoms with van der Waals surface area (Å²) in [6.07, 6.45) is 0.919. The van der Waals surface area contributed by atoms with Crippen LogP contribution in [0.1, 0.15) is 15.9 Å². The standard InChI is InChI=1S/C21H24N4O2/c22-18-7-3-2-6-17(18)21(27)24-13-11-23(12-14-24)15-20(26)25-10-9-16-5-1-4-8-19(16)25/h1-8H,9-15,22H2. The number of hydrogen-bond acceptors (Lipinski definition) is 4. The van der Waals surface area contributed by atoms with Gasteiger partial charge in [0.25, 0.3) is 5.91 Å². The SMILES string of the molecule is Nc1ccccc1C(=O)N1CCN(CC(=O)N2CCc3ccccc32)CC1. The van der Waals surface area contributed by atoms with Gasteiger partial charge in [0.15, 0.2) is 0 Å². The molecule has 2 amide bonds. The van der Waals surface area contributed by atoms with Crippen LogP contribution in [0.4, 0.5) is 11.4 Å². The van der Waals surface area contributed by atoms with Gasteiger partial charge in [-0.15, -0.1) is 0 Å². The highest BCUT2D eigenvalue weighted by molar-refractivity contribution is 5.99. The molecule has 4 rings (SSSR count). The summed E-state index contributed by atoms with van der Waals surface area (Å²) >= 11 is 0. The smallest absolute Gasteiger partial charge is 0.256 e. The lowest BCUT2D eigenvalue weighted by Crippen LogP contribution is -2.51. The molecule has 0 aliphatic carbocycles. The lowest BCUT2D eigenvalue weighted by molar-refractivity contribution is -0.120. The number of para-hydroxylation sites is 2. The van der Waals surface area contributed by atoms with Gasteiger partial charge in [-0.3, -0.25) is 14.5 Å². The van der Waals surface area contributed by atoms with Gasteiger partial charge in [0, 0.05) is 44.1 Å². The maximum atomic E-state index is 12.7. The van der Waals surface area contributed by atoms with Crippen molar-refractivity contribution in [2.24, 2.45) is 0 Å². The highest BCUT2D eigenvalue weighted by atomic mass is 16.2. The van der Waals surface area contributed by atoms with E-state index in [1.807, 2.05) is 40.1 Å². The predicted molar refractivity (Wildman–Crippen MR) is 106 cm³/mol. The lowest BCUT2D eigenvalue weighted by atomic mass is 10.1. The summed E-state index contributed by atoms with van der Waals surface area (Å²) in [6, 6.07) is 15.3. The van der Waals surface area contributed by atoms with Gasteiger partial charge in [-0.2, -0.15) is 0 Å². The first-order valence-corrected chi connectivity index (χ1v) is 9.38. The van der Waals surface area contributed by atoms with Crippen molar-refractivity contribution in [3.8, 4) is 0 Å². The second kappa shape index (κ2) is 7.40. The molecule has 1 fully saturated rings. The molecule has 0 unspecified atom stereocenters. The molecule has 2 N–H and O–H groups in total. The Hall–Kier alpha value is -2.86. The molecule has 0 aromatic heterocycles. The van der Waals surface area contributed by atoms with Gasteiger partial charge in [-0.25, -0.2) is 0 Å². The Kier molecular flexibility index (Phi) is 4.81. The summed E-state index contributed by atoms with van der Waals surface area (Å²) in [5.74, 6) is 0.0968. The van der Waals surface area contributed by atoms with Crippen LogP contribution in [0.5, 0.6) is 0 Å². The van der Waals surface area contributed by atoms with E-state index >= 15 is 0 Å². The molecule has 2 aromatic carbocycles. The summed E-state index contributed by atoms with van der Waals surface area (Å²) in [7, 11) is 0. The number of rotatable bonds is 3. The molecular formula is C21H24N4O2. The zero-order chi connectivity index (χ0) is 18.8. The number of amides is 2. The molecule has 6 heteroatoms. The van der Waals surface area contributed by atoms with Crippen LogP contribution < -0.4 is 10.6 Å². The van der Waals surface area contributed by atoms with E-state index < -0.39 is 0 Å². The fourth-order valence-corrected chi connectivity index (χ4v) is 3.85. The zero-order valence-corrected chi connectivity index (χ0v) is 15.3. The lowest BCUT2D eigenvalue weighted by Gasteiger charge is -2.35. The first-order valence-electron chi connectivity index (χ1n) is 9.38. The van der Waals surface area contributed by atoms with Gasteiger partial charge in [0.1, 0.15) is 0 Å². The molecule has 0 spiro atoms. The average molecular weight is 364 g/mol. The monoisotopic (exact) mass is 364 g/mol. The van der Waals surface area contributed by atoms with Crippen molar-refractivity contribution in [2.45, 2.75) is 6.42 Å². The van der Waals surface area contributed by atoms with E-state index in [1.54, 1.807) is 12.1 Å². The first kappa shape index (κ1) is 17.5. The quantitative estimate of drug-likeness (QED) is 0.840. The summed E-state index contributed by atoms with van der Waals surface area (Å²) < 4.78 is 0. The van der Waals surface area contributed by atoms with Gasteiger partial charge in [0.2, 0.25) is 5.91 Å². The van der Waals surface area contributed by atoms with E-state index in [4.69, 9.17) is 5.73 Å². The second-order valence-corrected chi connectivity index (χ2v) is 7.08. The third-order valence-electron chi connectivity index (χ3n) is 5.40. The number of nitrogens with two attached hydrogens (primary N) is 1. The maximum Gasteiger partial charge on any atom is 0.256 e. The van der Waals surface area contributed by atoms with Crippen molar-refractivity contribution in [1.29, 1.82) is 0 Å². The Morgan fingerprint density at radius 3 is 2.37 bits per heavy atom. The summed E-state index contributed by atoms with van der Waals surface area (Å²) in [5, 5.41) is 0. The molecular weight excluding hydrogens is 340 g/mol. The van der Waals surface area contributed by atoms with Crippen molar-refractivity contribution in [3.63, 3.8) is 0 Å². The number of nitrogens with zero attached hydrogens (tertiary/aromatic N) is 3. The number of nitrogen functional groups attached to an aromatic ring is 1. The van der Waals surface area contributed by atoms with Gasteiger partial charge >= 0.3 is 0 Å². The van der Waals surface area contributed by atoms with E-state index in [0.717, 1.165) is 18.7 Å². The van der Waals surface area contributed by atoms with Crippen LogP contribution in [-0.4, -0.2) is 60.9 Å². The van der Waals surface area contributed by atoms with E-state index in [9.17, 15) is 9.59 Å². The molecule has 140 valence electrons. The Morgan fingerprint density at radius 1 is 0.889 bits per heavy atom. The van der Waals surface area contributed by atoms with Crippen LogP contribution in [0.2, 0.25) is 0 Å². The van der Waals surface area contributed by atoms with Gasteiger partial charge in [0.05, 0.1) is 12.1 Å². The van der Waals surface area contributed by atoms with E-state index in [-0.39, 0.29) is 11.8 Å². The van der Waals surface area contributed by atoms with Gasteiger partial charge in [-0.05, 0) is 30.2 Å². The minimum atomic E-state index is -0.0347. The first-order chi connectivity index (χ1) is 13.1. The Balaban J connectivity index is 1.33. The van der Waals surface area contributed by atoms with Crippen LogP contribution in [0.25, 0.3) is 0 Å². The molecule has 2 heterocycles. The van der Waals surface area contributed by atoms with Crippen molar-refractivity contribution in [1.82, 2.24) is 9.80 Å². The van der Waals surface area contributed by atoms with Crippen LogP contribution in [0.3, 0.4) is 0 Å². The van der Waals surface area contributed by atoms with Gasteiger partial charge < -0.3 is 15.5 Å². The number of carbonyl (C=O) groups excluding carboxylic acids is 2. The van der Waals surface area contributed by atoms with E-state index in [2.05, 4.69) is 11.0 Å². The molecule has 0 atom stereocenters. The average Bonchev–Trinajstić information content (AvgIpc) is 3.13. The third kappa shape index (κ3) is 3.53. The molecule has 1 saturated heterocycles. The normalized spacial score (nSPS) is 17.0. The van der Waals surface area contributed by atoms with Crippen LogP contribution in [0.15, 0.2) is 48.5 Å². The largest absolute Gasteiger partial charge is 0.398 e. The molecule has 6 nitrogen and oxygen atoms in total. The molecule has 0 bridgehead atoms. The number of fused-ring (bicyclic) bond motifs is 1. The Bertz CT molecular complexity index is 859. The fourth-order valence-electron chi connectivity index (χ4n) is 3.85. The highest BCUT2D eigenvalue weighted by Crippen LogP contribution is 2.27. The third-order valence-corrected chi connectivity index (χ3v) is 5.40. The fraction of sp³-hybridized carbons (Fsp3) is 0.333. The Labute approximate surface area is 159 Å². The van der Waals surface area contributed by atoms with Crippen LogP contribution in [0, 0.1) is 0 Å². The predicted octanol–water partition coefficient (Wildman–Crippen LogP) is 1.62. The Morgan fingerprint density at radius 2 is 1.59 bits per heavy atom. The van der Waals surface area contributed by atoms with E-state index in [1.165, 1.54) is 5.56 Å². The van der Waals surface area contributed by atoms with Crippen LogP contribution in [-0.2, 0) is 11.2 Å². The van der Waals surface area contributed by atoms with Crippen LogP contribution >= 0.6 is 0 Å². The van der Waals surface area contributed by atoms with Gasteiger partial charge in [-0.1, -0.05) is 30.3 Å². The molecule has 0 saturated carbocycles. The summed E-state index contributed by atoms with van der Waals surface area (Å²) in [5.41, 5.74) is 9.26. The number of piperazine rings is 1. The second-order valence-electron chi connectivity index (χ2n) is 7.08. The van der Waals surface area contributed by atoms with Crippen molar-refractivity contribution < 1.29 is 9.59 Å². The minimum absolute atomic E-state index is 0.0347. The molecule has 2 aliphatic heterocycles. The number of hydrogen-bond donors (Lipinski definition) is 1. The molecule has 27 heavy (non-hydrogen) atoms.